The van der Waals surface area contributed by atoms with Crippen molar-refractivity contribution in [2.24, 2.45) is 0 Å². The minimum Gasteiger partial charge on any atom is -0.439 e. The summed E-state index contributed by atoms with van der Waals surface area (Å²) in [6.07, 6.45) is 8.68. The van der Waals surface area contributed by atoms with E-state index in [0.29, 0.717) is 42.1 Å². The maximum Gasteiger partial charge on any atom is 0.415 e. The first-order chi connectivity index (χ1) is 18.4. The smallest absolute Gasteiger partial charge is 0.415 e. The maximum absolute atomic E-state index is 12.6. The Balaban J connectivity index is 1.22. The van der Waals surface area contributed by atoms with E-state index >= 15 is 0 Å². The highest BCUT2D eigenvalue weighted by molar-refractivity contribution is 5.90. The minimum atomic E-state index is -0.469. The summed E-state index contributed by atoms with van der Waals surface area (Å²) in [6, 6.07) is 5.65. The predicted octanol–water partition coefficient (Wildman–Crippen LogP) is 3.82. The second-order valence-electron chi connectivity index (χ2n) is 10.5. The summed E-state index contributed by atoms with van der Waals surface area (Å²) in [6.45, 7) is 2.12. The molecule has 0 aromatic carbocycles. The molecule has 12 heteroatoms. The Kier molecular flexibility index (Phi) is 6.26. The fourth-order valence-corrected chi connectivity index (χ4v) is 5.54. The van der Waals surface area contributed by atoms with Gasteiger partial charge in [-0.2, -0.15) is 4.98 Å². The van der Waals surface area contributed by atoms with Gasteiger partial charge in [0.1, 0.15) is 17.1 Å². The van der Waals surface area contributed by atoms with Crippen LogP contribution in [0.25, 0.3) is 11.0 Å². The number of nitrogens with one attached hydrogen (secondary N) is 2. The first-order valence-electron chi connectivity index (χ1n) is 13.1. The van der Waals surface area contributed by atoms with Crippen molar-refractivity contribution in [3.05, 3.63) is 30.6 Å². The molecule has 3 fully saturated rings. The van der Waals surface area contributed by atoms with Gasteiger partial charge in [0.25, 0.3) is 0 Å². The lowest BCUT2D eigenvalue weighted by molar-refractivity contribution is 0.0366. The lowest BCUT2D eigenvalue weighted by atomic mass is 9.94. The van der Waals surface area contributed by atoms with Gasteiger partial charge in [0.15, 0.2) is 0 Å². The van der Waals surface area contributed by atoms with Crippen LogP contribution in [0, 0.1) is 0 Å². The number of rotatable bonds is 5. The molecular formula is C26H32N8O4. The van der Waals surface area contributed by atoms with Gasteiger partial charge in [-0.25, -0.2) is 19.6 Å². The third-order valence-corrected chi connectivity index (χ3v) is 7.49. The molecule has 0 radical (unpaired) electrons. The van der Waals surface area contributed by atoms with E-state index in [4.69, 9.17) is 14.5 Å². The molecule has 3 aromatic heterocycles. The molecule has 3 aliphatic rings. The summed E-state index contributed by atoms with van der Waals surface area (Å²) in [5.74, 6) is 1.41. The van der Waals surface area contributed by atoms with Crippen molar-refractivity contribution in [1.29, 1.82) is 0 Å². The fraction of sp³-hybridized carbons (Fsp3) is 0.500. The summed E-state index contributed by atoms with van der Waals surface area (Å²) in [4.78, 5) is 41.6. The molecule has 1 spiro atoms. The molecule has 2 amide bonds. The van der Waals surface area contributed by atoms with Crippen LogP contribution in [0.4, 0.5) is 27.0 Å². The van der Waals surface area contributed by atoms with Crippen molar-refractivity contribution >= 4 is 40.7 Å². The summed E-state index contributed by atoms with van der Waals surface area (Å²) in [5, 5.41) is 7.28. The molecule has 2 N–H and O–H groups in total. The van der Waals surface area contributed by atoms with Crippen LogP contribution < -0.4 is 20.3 Å². The topological polar surface area (TPSA) is 127 Å². The fourth-order valence-electron chi connectivity index (χ4n) is 5.54. The zero-order valence-electron chi connectivity index (χ0n) is 21.6. The number of fused-ring (bicyclic) bond motifs is 1. The molecule has 0 bridgehead atoms. The number of carbonyl (C=O) groups is 2. The highest BCUT2D eigenvalue weighted by atomic mass is 16.6. The number of piperidine rings is 1. The van der Waals surface area contributed by atoms with Crippen LogP contribution in [-0.2, 0) is 4.74 Å². The molecule has 2 aliphatic heterocycles. The molecule has 2 saturated heterocycles. The molecule has 5 heterocycles. The summed E-state index contributed by atoms with van der Waals surface area (Å²) >= 11 is 0. The normalized spacial score (nSPS) is 21.7. The highest BCUT2D eigenvalue weighted by Crippen LogP contribution is 2.38. The van der Waals surface area contributed by atoms with Gasteiger partial charge in [-0.3, -0.25) is 9.47 Å². The Morgan fingerprint density at radius 1 is 1.21 bits per heavy atom. The van der Waals surface area contributed by atoms with Crippen molar-refractivity contribution in [3.8, 4) is 5.88 Å². The van der Waals surface area contributed by atoms with Crippen molar-refractivity contribution in [2.75, 3.05) is 43.9 Å². The van der Waals surface area contributed by atoms with Crippen molar-refractivity contribution in [3.63, 3.8) is 0 Å². The standard InChI is InChI=1S/C26H32N8O4/c1-32(2)24(35)37-21-12-17-13-29-23(31-22(17)34(21)18-6-3-4-7-18)30-20-9-8-19(14-28-20)33-16-26(38-25(33)36)10-5-11-27-15-26/h8-9,12-14,18,27H,3-7,10-11,15-16H2,1-2H3,(H,28,29,30,31)/t26-/m1/s1. The monoisotopic (exact) mass is 520 g/mol. The van der Waals surface area contributed by atoms with Crippen molar-refractivity contribution in [1.82, 2.24) is 29.7 Å². The molecule has 1 saturated carbocycles. The number of anilines is 3. The van der Waals surface area contributed by atoms with Crippen LogP contribution in [0.1, 0.15) is 44.6 Å². The van der Waals surface area contributed by atoms with Crippen LogP contribution in [0.5, 0.6) is 5.88 Å². The van der Waals surface area contributed by atoms with E-state index in [1.807, 2.05) is 16.7 Å². The number of nitrogens with zero attached hydrogens (tertiary/aromatic N) is 6. The van der Waals surface area contributed by atoms with Crippen molar-refractivity contribution < 1.29 is 19.1 Å². The highest BCUT2D eigenvalue weighted by Gasteiger charge is 2.46. The molecule has 6 rings (SSSR count). The van der Waals surface area contributed by atoms with Crippen LogP contribution in [0.2, 0.25) is 0 Å². The van der Waals surface area contributed by atoms with E-state index in [1.54, 1.807) is 37.5 Å². The van der Waals surface area contributed by atoms with Crippen LogP contribution in [-0.4, -0.2) is 75.9 Å². The van der Waals surface area contributed by atoms with Crippen LogP contribution in [0.15, 0.2) is 30.6 Å². The van der Waals surface area contributed by atoms with E-state index in [0.717, 1.165) is 50.5 Å². The summed E-state index contributed by atoms with van der Waals surface area (Å²) in [5.41, 5.74) is 0.921. The van der Waals surface area contributed by atoms with Gasteiger partial charge in [-0.15, -0.1) is 0 Å². The van der Waals surface area contributed by atoms with E-state index in [-0.39, 0.29) is 12.1 Å². The number of hydrogen-bond acceptors (Lipinski definition) is 9. The predicted molar refractivity (Wildman–Crippen MR) is 141 cm³/mol. The molecular weight excluding hydrogens is 488 g/mol. The number of pyridine rings is 1. The number of amides is 2. The summed E-state index contributed by atoms with van der Waals surface area (Å²) < 4.78 is 13.4. The number of aromatic nitrogens is 4. The first-order valence-corrected chi connectivity index (χ1v) is 13.1. The molecule has 38 heavy (non-hydrogen) atoms. The Bertz CT molecular complexity index is 1340. The number of ether oxygens (including phenoxy) is 2. The Morgan fingerprint density at radius 2 is 2.05 bits per heavy atom. The van der Waals surface area contributed by atoms with Gasteiger partial charge in [0, 0.05) is 44.3 Å². The number of carbonyl (C=O) groups excluding carboxylic acids is 2. The van der Waals surface area contributed by atoms with E-state index < -0.39 is 11.7 Å². The minimum absolute atomic E-state index is 0.209. The third kappa shape index (κ3) is 4.60. The Morgan fingerprint density at radius 3 is 2.76 bits per heavy atom. The second-order valence-corrected chi connectivity index (χ2v) is 10.5. The van der Waals surface area contributed by atoms with E-state index in [2.05, 4.69) is 20.6 Å². The maximum atomic E-state index is 12.6. The average molecular weight is 521 g/mol. The largest absolute Gasteiger partial charge is 0.439 e. The average Bonchev–Trinajstić information content (AvgIpc) is 3.62. The quantitative estimate of drug-likeness (QED) is 0.516. The molecule has 200 valence electrons. The van der Waals surface area contributed by atoms with Gasteiger partial charge in [0.2, 0.25) is 11.8 Å². The molecule has 12 nitrogen and oxygen atoms in total. The molecule has 0 unspecified atom stereocenters. The molecule has 3 aromatic rings. The van der Waals surface area contributed by atoms with Gasteiger partial charge in [0.05, 0.1) is 18.4 Å². The Hall–Kier alpha value is -3.93. The van der Waals surface area contributed by atoms with Gasteiger partial charge in [-0.1, -0.05) is 12.8 Å². The first kappa shape index (κ1) is 24.4. The molecule has 1 aliphatic carbocycles. The van der Waals surface area contributed by atoms with Gasteiger partial charge >= 0.3 is 12.2 Å². The van der Waals surface area contributed by atoms with E-state index in [9.17, 15) is 9.59 Å². The SMILES string of the molecule is CN(C)C(=O)Oc1cc2cnc(Nc3ccc(N4C[C@]5(CCCNC5)OC4=O)cn3)nc2n1C1CCCC1. The second kappa shape index (κ2) is 9.75. The summed E-state index contributed by atoms with van der Waals surface area (Å²) in [7, 11) is 3.31. The zero-order valence-corrected chi connectivity index (χ0v) is 21.6. The number of hydrogen-bond donors (Lipinski definition) is 2. The molecule has 1 atom stereocenters. The van der Waals surface area contributed by atoms with Crippen LogP contribution in [0.3, 0.4) is 0 Å². The van der Waals surface area contributed by atoms with E-state index in [1.165, 1.54) is 4.90 Å². The van der Waals surface area contributed by atoms with Gasteiger partial charge < -0.3 is 25.0 Å². The van der Waals surface area contributed by atoms with Gasteiger partial charge in [-0.05, 0) is 44.4 Å². The third-order valence-electron chi connectivity index (χ3n) is 7.49. The lowest BCUT2D eigenvalue weighted by Crippen LogP contribution is -2.48. The lowest BCUT2D eigenvalue weighted by Gasteiger charge is -2.31. The Labute approximate surface area is 220 Å². The van der Waals surface area contributed by atoms with Crippen LogP contribution >= 0.6 is 0 Å². The zero-order chi connectivity index (χ0) is 26.3. The van der Waals surface area contributed by atoms with Crippen molar-refractivity contribution in [2.45, 2.75) is 50.2 Å².